The van der Waals surface area contributed by atoms with Gasteiger partial charge in [0.05, 0.1) is 10.6 Å². The molecule has 0 spiro atoms. The molecule has 21 heavy (non-hydrogen) atoms. The van der Waals surface area contributed by atoms with Crippen LogP contribution in [0.15, 0.2) is 54.2 Å². The first kappa shape index (κ1) is 12.9. The summed E-state index contributed by atoms with van der Waals surface area (Å²) in [5, 5.41) is 3.20. The van der Waals surface area contributed by atoms with E-state index in [1.807, 2.05) is 49.4 Å². The zero-order valence-electron chi connectivity index (χ0n) is 11.7. The second kappa shape index (κ2) is 4.35. The van der Waals surface area contributed by atoms with Gasteiger partial charge in [-0.05, 0) is 36.6 Å². The van der Waals surface area contributed by atoms with Gasteiger partial charge >= 0.3 is 0 Å². The lowest BCUT2D eigenvalue weighted by Gasteiger charge is -2.22. The van der Waals surface area contributed by atoms with Crippen molar-refractivity contribution in [1.29, 1.82) is 0 Å². The Hall–Kier alpha value is -1.80. The number of fused-ring (bicyclic) bond motifs is 1. The summed E-state index contributed by atoms with van der Waals surface area (Å²) in [7, 11) is 0. The minimum absolute atomic E-state index is 0.133. The van der Waals surface area contributed by atoms with Crippen molar-refractivity contribution in [1.82, 2.24) is 0 Å². The first-order valence-electron chi connectivity index (χ1n) is 7.12. The molecule has 4 rings (SSSR count). The molecule has 2 aromatic carbocycles. The molecule has 0 aromatic heterocycles. The third kappa shape index (κ3) is 1.97. The molecule has 2 aliphatic rings. The fourth-order valence-electron chi connectivity index (χ4n) is 3.05. The molecule has 0 bridgehead atoms. The SMILES string of the molecule is Cc1ccc(NC2=CC3(Cl)CC23)c(F)c1-c1ccccc1. The van der Waals surface area contributed by atoms with E-state index in [9.17, 15) is 4.39 Å². The van der Waals surface area contributed by atoms with E-state index in [1.54, 1.807) is 6.07 Å². The van der Waals surface area contributed by atoms with Crippen molar-refractivity contribution in [3.63, 3.8) is 0 Å². The predicted molar refractivity (Wildman–Crippen MR) is 85.0 cm³/mol. The molecule has 0 amide bonds. The summed E-state index contributed by atoms with van der Waals surface area (Å²) in [6.45, 7) is 1.93. The van der Waals surface area contributed by atoms with Crippen LogP contribution >= 0.6 is 11.6 Å². The van der Waals surface area contributed by atoms with Gasteiger partial charge in [-0.2, -0.15) is 0 Å². The number of halogens is 2. The van der Waals surface area contributed by atoms with Crippen LogP contribution in [0.4, 0.5) is 10.1 Å². The molecule has 2 aromatic rings. The van der Waals surface area contributed by atoms with Crippen LogP contribution in [0.2, 0.25) is 0 Å². The Balaban J connectivity index is 1.72. The Labute approximate surface area is 128 Å². The summed E-state index contributed by atoms with van der Waals surface area (Å²) < 4.78 is 14.9. The molecule has 0 radical (unpaired) electrons. The van der Waals surface area contributed by atoms with Crippen molar-refractivity contribution in [2.45, 2.75) is 18.2 Å². The van der Waals surface area contributed by atoms with Crippen LogP contribution in [0.3, 0.4) is 0 Å². The number of anilines is 1. The van der Waals surface area contributed by atoms with Crippen LogP contribution in [0.5, 0.6) is 0 Å². The van der Waals surface area contributed by atoms with Gasteiger partial charge in [-0.25, -0.2) is 4.39 Å². The van der Waals surface area contributed by atoms with Gasteiger partial charge in [-0.15, -0.1) is 11.6 Å². The van der Waals surface area contributed by atoms with Crippen molar-refractivity contribution in [2.75, 3.05) is 5.32 Å². The Morgan fingerprint density at radius 2 is 1.95 bits per heavy atom. The minimum atomic E-state index is -0.199. The summed E-state index contributed by atoms with van der Waals surface area (Å²) >= 11 is 6.22. The second-order valence-corrected chi connectivity index (χ2v) is 6.60. The van der Waals surface area contributed by atoms with E-state index in [0.717, 1.165) is 23.2 Å². The third-order valence-electron chi connectivity index (χ3n) is 4.40. The number of hydrogen-bond acceptors (Lipinski definition) is 1. The van der Waals surface area contributed by atoms with Gasteiger partial charge in [0.1, 0.15) is 0 Å². The zero-order chi connectivity index (χ0) is 14.6. The molecular formula is C18H15ClFN. The second-order valence-electron chi connectivity index (χ2n) is 5.89. The Morgan fingerprint density at radius 3 is 2.57 bits per heavy atom. The normalized spacial score (nSPS) is 25.7. The van der Waals surface area contributed by atoms with E-state index in [2.05, 4.69) is 5.32 Å². The zero-order valence-corrected chi connectivity index (χ0v) is 12.4. The van der Waals surface area contributed by atoms with E-state index >= 15 is 0 Å². The number of rotatable bonds is 3. The molecule has 0 saturated heterocycles. The van der Waals surface area contributed by atoms with Crippen LogP contribution < -0.4 is 5.32 Å². The molecule has 3 heteroatoms. The number of nitrogens with one attached hydrogen (secondary N) is 1. The molecule has 1 saturated carbocycles. The van der Waals surface area contributed by atoms with Crippen LogP contribution in [-0.4, -0.2) is 4.87 Å². The maximum absolute atomic E-state index is 14.9. The number of alkyl halides is 1. The lowest BCUT2D eigenvalue weighted by Crippen LogP contribution is -2.19. The average molecular weight is 300 g/mol. The Morgan fingerprint density at radius 1 is 1.19 bits per heavy atom. The van der Waals surface area contributed by atoms with Crippen molar-refractivity contribution < 1.29 is 4.39 Å². The van der Waals surface area contributed by atoms with E-state index in [0.29, 0.717) is 17.2 Å². The van der Waals surface area contributed by atoms with Gasteiger partial charge in [-0.3, -0.25) is 0 Å². The maximum atomic E-state index is 14.9. The van der Waals surface area contributed by atoms with E-state index in [4.69, 9.17) is 11.6 Å². The van der Waals surface area contributed by atoms with Gasteiger partial charge in [0, 0.05) is 17.2 Å². The van der Waals surface area contributed by atoms with Crippen molar-refractivity contribution in [2.24, 2.45) is 5.92 Å². The monoisotopic (exact) mass is 299 g/mol. The maximum Gasteiger partial charge on any atom is 0.154 e. The smallest absolute Gasteiger partial charge is 0.154 e. The highest BCUT2D eigenvalue weighted by Crippen LogP contribution is 2.62. The topological polar surface area (TPSA) is 12.0 Å². The molecule has 106 valence electrons. The van der Waals surface area contributed by atoms with Crippen LogP contribution in [0, 0.1) is 18.7 Å². The van der Waals surface area contributed by atoms with E-state index < -0.39 is 0 Å². The number of aryl methyl sites for hydroxylation is 1. The summed E-state index contributed by atoms with van der Waals surface area (Å²) in [4.78, 5) is -0.133. The highest BCUT2D eigenvalue weighted by molar-refractivity contribution is 6.29. The average Bonchev–Trinajstić information content (AvgIpc) is 3.02. The van der Waals surface area contributed by atoms with Crippen molar-refractivity contribution in [3.8, 4) is 11.1 Å². The van der Waals surface area contributed by atoms with Crippen molar-refractivity contribution in [3.05, 3.63) is 65.6 Å². The van der Waals surface area contributed by atoms with E-state index in [-0.39, 0.29) is 10.7 Å². The predicted octanol–water partition coefficient (Wildman–Crippen LogP) is 5.11. The minimum Gasteiger partial charge on any atom is -0.356 e. The largest absolute Gasteiger partial charge is 0.356 e. The van der Waals surface area contributed by atoms with Gasteiger partial charge in [0.25, 0.3) is 0 Å². The quantitative estimate of drug-likeness (QED) is 0.777. The van der Waals surface area contributed by atoms with Gasteiger partial charge in [0.15, 0.2) is 5.82 Å². The summed E-state index contributed by atoms with van der Waals surface area (Å²) in [5.41, 5.74) is 4.07. The molecule has 1 fully saturated rings. The molecule has 0 aliphatic heterocycles. The van der Waals surface area contributed by atoms with Crippen LogP contribution in [0.1, 0.15) is 12.0 Å². The lowest BCUT2D eigenvalue weighted by atomic mass is 9.98. The van der Waals surface area contributed by atoms with Crippen LogP contribution in [0.25, 0.3) is 11.1 Å². The summed E-state index contributed by atoms with van der Waals surface area (Å²) in [6.07, 6.45) is 2.97. The summed E-state index contributed by atoms with van der Waals surface area (Å²) in [6, 6.07) is 13.4. The Bertz CT molecular complexity index is 753. The molecule has 1 nitrogen and oxygen atoms in total. The lowest BCUT2D eigenvalue weighted by molar-refractivity contribution is 0.632. The van der Waals surface area contributed by atoms with Gasteiger partial charge in [-0.1, -0.05) is 36.4 Å². The molecule has 2 atom stereocenters. The number of benzene rings is 2. The molecule has 1 N–H and O–H groups in total. The Kier molecular flexibility index (Phi) is 2.67. The van der Waals surface area contributed by atoms with E-state index in [1.165, 1.54) is 0 Å². The summed E-state index contributed by atoms with van der Waals surface area (Å²) in [5.74, 6) is 0.176. The van der Waals surface area contributed by atoms with Crippen molar-refractivity contribution >= 4 is 17.3 Å². The number of hydrogen-bond donors (Lipinski definition) is 1. The standard InChI is InChI=1S/C18H15ClFN/c1-11-7-8-14(21-15-10-18(19)9-13(15)18)17(20)16(11)12-5-3-2-4-6-12/h2-8,10,13,21H,9H2,1H3. The third-order valence-corrected chi connectivity index (χ3v) is 4.93. The van der Waals surface area contributed by atoms with Crippen LogP contribution in [-0.2, 0) is 0 Å². The fourth-order valence-corrected chi connectivity index (χ4v) is 3.44. The highest BCUT2D eigenvalue weighted by Gasteiger charge is 2.60. The fraction of sp³-hybridized carbons (Fsp3) is 0.222. The first-order chi connectivity index (χ1) is 10.1. The van der Waals surface area contributed by atoms with Gasteiger partial charge < -0.3 is 5.32 Å². The molecule has 0 heterocycles. The number of allylic oxidation sites excluding steroid dienone is 2. The molecule has 2 aliphatic carbocycles. The highest BCUT2D eigenvalue weighted by atomic mass is 35.5. The molecule has 2 unspecified atom stereocenters. The molecular weight excluding hydrogens is 285 g/mol. The first-order valence-corrected chi connectivity index (χ1v) is 7.49. The van der Waals surface area contributed by atoms with Gasteiger partial charge in [0.2, 0.25) is 0 Å².